The molecule has 2 nitrogen and oxygen atoms in total. The Kier molecular flexibility index (Phi) is 3.01. The summed E-state index contributed by atoms with van der Waals surface area (Å²) in [5, 5.41) is -1.65. The van der Waals surface area contributed by atoms with E-state index in [9.17, 15) is 15.1 Å². The molecule has 246 valence electrons. The van der Waals surface area contributed by atoms with E-state index in [2.05, 4.69) is 0 Å². The fourth-order valence-electron chi connectivity index (χ4n) is 5.30. The van der Waals surface area contributed by atoms with Gasteiger partial charge in [-0.15, -0.1) is 22.7 Å². The first-order valence-corrected chi connectivity index (χ1v) is 16.5. The van der Waals surface area contributed by atoms with Crippen molar-refractivity contribution < 1.29 is 43.9 Å². The maximum atomic E-state index is 9.85. The van der Waals surface area contributed by atoms with E-state index < -0.39 is 259 Å². The number of fused-ring (bicyclic) bond motifs is 6. The van der Waals surface area contributed by atoms with E-state index in [0.29, 0.717) is 32.5 Å². The molecule has 0 saturated heterocycles. The lowest BCUT2D eigenvalue weighted by Gasteiger charge is -2.26. The highest BCUT2D eigenvalue weighted by molar-refractivity contribution is 7.26. The van der Waals surface area contributed by atoms with E-state index in [1.807, 2.05) is 0 Å². The van der Waals surface area contributed by atoms with Gasteiger partial charge in [-0.25, -0.2) is 0 Å². The molecule has 0 aliphatic rings. The highest BCUT2D eigenvalue weighted by atomic mass is 32.1. The second-order valence-corrected chi connectivity index (χ2v) is 12.6. The summed E-state index contributed by atoms with van der Waals surface area (Å²) in [4.78, 5) is 0.894. The highest BCUT2D eigenvalue weighted by Gasteiger charge is 2.17. The van der Waals surface area contributed by atoms with E-state index in [1.165, 1.54) is 0 Å². The Hall–Kier alpha value is -6.20. The summed E-state index contributed by atoms with van der Waals surface area (Å²) in [6.45, 7) is 0. The third kappa shape index (κ3) is 5.41. The van der Waals surface area contributed by atoms with Gasteiger partial charge in [0.15, 0.2) is 0 Å². The van der Waals surface area contributed by atoms with E-state index in [-0.39, 0.29) is 20.2 Å². The third-order valence-corrected chi connectivity index (χ3v) is 9.57. The van der Waals surface area contributed by atoms with Crippen LogP contribution in [0.25, 0.3) is 51.5 Å². The summed E-state index contributed by atoms with van der Waals surface area (Å²) in [5.41, 5.74) is -7.45. The van der Waals surface area contributed by atoms with Gasteiger partial charge in [0.2, 0.25) is 0 Å². The summed E-state index contributed by atoms with van der Waals surface area (Å²) in [7, 11) is 0. The largest absolute Gasteiger partial charge is 0.310 e. The predicted octanol–water partition coefficient (Wildman–Crippen LogP) is 15.0. The molecular formula is C48H32N2S2. The molecule has 2 aromatic heterocycles. The van der Waals surface area contributed by atoms with Gasteiger partial charge in [0.25, 0.3) is 0 Å². The third-order valence-electron chi connectivity index (χ3n) is 7.53. The molecule has 0 unspecified atom stereocenters. The van der Waals surface area contributed by atoms with Crippen molar-refractivity contribution in [1.82, 2.24) is 0 Å². The zero-order valence-corrected chi connectivity index (χ0v) is 27.3. The fourth-order valence-corrected chi connectivity index (χ4v) is 7.19. The lowest BCUT2D eigenvalue weighted by molar-refractivity contribution is 1.29. The molecule has 0 atom stereocenters. The Morgan fingerprint density at radius 3 is 1.37 bits per heavy atom. The number of nitrogens with zero attached hydrogens (tertiary/aromatic N) is 2. The number of para-hydroxylation sites is 3. The second kappa shape index (κ2) is 12.8. The Morgan fingerprint density at radius 2 is 0.712 bits per heavy atom. The van der Waals surface area contributed by atoms with Crippen LogP contribution in [0.5, 0.6) is 0 Å². The first kappa shape index (κ1) is 12.2. The van der Waals surface area contributed by atoms with Crippen molar-refractivity contribution in [3.8, 4) is 11.1 Å². The Labute approximate surface area is 355 Å². The van der Waals surface area contributed by atoms with E-state index in [1.54, 1.807) is 0 Å². The number of anilines is 6. The molecule has 52 heavy (non-hydrogen) atoms. The molecule has 10 rings (SSSR count). The van der Waals surface area contributed by atoms with Crippen molar-refractivity contribution in [3.05, 3.63) is 193 Å². The summed E-state index contributed by atoms with van der Waals surface area (Å²) in [5.74, 6) is 0. The molecule has 0 radical (unpaired) electrons. The minimum atomic E-state index is -1.19. The van der Waals surface area contributed by atoms with Gasteiger partial charge in [0, 0.05) is 74.5 Å². The number of hydrogen-bond acceptors (Lipinski definition) is 4. The summed E-state index contributed by atoms with van der Waals surface area (Å²) >= 11 is 1.10. The molecule has 10 aromatic rings. The van der Waals surface area contributed by atoms with E-state index in [4.69, 9.17) is 28.8 Å². The SMILES string of the molecule is [2H]c1c([2H])c([2H])c(N(c2c([2H])c([2H])c(-c3c([2H])c([2H])c4sc5c([2H])c([2H])c([2H])c([2H])c5c4c3[2H])c([2H])c2[2H])c2c([2H])c([2H])c3c(sc4c([2H])c([2H])c(N(c5c([2H])c([2H])c([2H])c([2H])c5[2H])c5c([2H])c([2H])c([2H])c([2H])c5[2H])c([2H])c43)c2[2H])c([2H])c1[2H]. The second-order valence-electron chi connectivity index (χ2n) is 10.5. The number of hydrogen-bond donors (Lipinski definition) is 0. The van der Waals surface area contributed by atoms with Crippen LogP contribution >= 0.6 is 22.7 Å². The highest BCUT2D eigenvalue weighted by Crippen LogP contribution is 2.44. The van der Waals surface area contributed by atoms with E-state index in [0.717, 1.165) is 0 Å². The average Bonchev–Trinajstić information content (AvgIpc) is 1.53. The van der Waals surface area contributed by atoms with Crippen LogP contribution in [0.1, 0.15) is 43.9 Å². The quantitative estimate of drug-likeness (QED) is 0.161. The van der Waals surface area contributed by atoms with Gasteiger partial charge in [-0.3, -0.25) is 0 Å². The van der Waals surface area contributed by atoms with Crippen LogP contribution in [-0.4, -0.2) is 0 Å². The van der Waals surface area contributed by atoms with Crippen molar-refractivity contribution in [1.29, 1.82) is 0 Å². The van der Waals surface area contributed by atoms with Gasteiger partial charge < -0.3 is 9.80 Å². The topological polar surface area (TPSA) is 6.48 Å². The molecule has 0 aliphatic heterocycles. The van der Waals surface area contributed by atoms with Crippen LogP contribution in [0.2, 0.25) is 0 Å². The first-order chi connectivity index (χ1) is 39.1. The number of thiophene rings is 2. The lowest BCUT2D eigenvalue weighted by atomic mass is 10.0. The average molecular weight is 733 g/mol. The van der Waals surface area contributed by atoms with E-state index >= 15 is 0 Å². The van der Waals surface area contributed by atoms with Crippen LogP contribution in [-0.2, 0) is 0 Å². The maximum Gasteiger partial charge on any atom is 0.0660 e. The van der Waals surface area contributed by atoms with Crippen LogP contribution < -0.4 is 9.80 Å². The molecular weight excluding hydrogens is 669 g/mol. The summed E-state index contributed by atoms with van der Waals surface area (Å²) in [6, 6.07) is -30.9. The van der Waals surface area contributed by atoms with Crippen LogP contribution in [0.4, 0.5) is 34.1 Å². The summed E-state index contributed by atoms with van der Waals surface area (Å²) < 4.78 is 286. The molecule has 0 spiro atoms. The zero-order chi connectivity index (χ0) is 62.3. The van der Waals surface area contributed by atoms with Crippen molar-refractivity contribution in [3.63, 3.8) is 0 Å². The van der Waals surface area contributed by atoms with Crippen molar-refractivity contribution >= 4 is 97.1 Å². The van der Waals surface area contributed by atoms with Gasteiger partial charge >= 0.3 is 0 Å². The standard InChI is InChI=1S/C48H32N2S2/c1-4-12-35(13-5-1)49(36-14-6-2-7-15-36)39-26-29-47-44(31-39)42-27-25-40(32-48(42)52-47)50(37-16-8-3-9-17-37)38-23-20-33(21-24-38)34-22-28-46-43(30-34)41-18-10-11-19-45(41)51-46/h1-32H/i1D,2D,3D,4D,5D,6D,7D,8D,9D,10D,11D,12D,13D,14D,15D,16D,17D,18D,19D,20D,21D,22D,23D,24D,25D,26D,27D,28D,29D,30D,31D,32D. The normalized spacial score (nSPS) is 20.1. The smallest absolute Gasteiger partial charge is 0.0660 e. The van der Waals surface area contributed by atoms with Gasteiger partial charge in [-0.05, 0) is 108 Å². The van der Waals surface area contributed by atoms with Crippen molar-refractivity contribution in [2.45, 2.75) is 0 Å². The Bertz CT molecular complexity index is 4540. The Morgan fingerprint density at radius 1 is 0.288 bits per heavy atom. The number of benzene rings is 8. The minimum absolute atomic E-state index is 0.0948. The van der Waals surface area contributed by atoms with Gasteiger partial charge in [-0.1, -0.05) is 96.7 Å². The molecule has 8 aromatic carbocycles. The molecule has 0 fully saturated rings. The maximum absolute atomic E-state index is 9.85. The number of rotatable bonds is 7. The van der Waals surface area contributed by atoms with Crippen LogP contribution in [0.3, 0.4) is 0 Å². The van der Waals surface area contributed by atoms with Crippen LogP contribution in [0, 0.1) is 0 Å². The molecule has 0 bridgehead atoms. The van der Waals surface area contributed by atoms with Gasteiger partial charge in [0.1, 0.15) is 0 Å². The lowest BCUT2D eigenvalue weighted by Crippen LogP contribution is -2.09. The van der Waals surface area contributed by atoms with Crippen molar-refractivity contribution in [2.24, 2.45) is 0 Å². The van der Waals surface area contributed by atoms with Gasteiger partial charge in [0.05, 0.1) is 43.9 Å². The summed E-state index contributed by atoms with van der Waals surface area (Å²) in [6.07, 6.45) is 0. The molecule has 0 aliphatic carbocycles. The molecule has 0 amide bonds. The molecule has 4 heteroatoms. The Balaban J connectivity index is 1.32. The molecule has 0 saturated carbocycles. The van der Waals surface area contributed by atoms with Crippen molar-refractivity contribution in [2.75, 3.05) is 9.80 Å². The van der Waals surface area contributed by atoms with Crippen LogP contribution in [0.15, 0.2) is 193 Å². The van der Waals surface area contributed by atoms with Gasteiger partial charge in [-0.2, -0.15) is 0 Å². The molecule has 0 N–H and O–H groups in total. The zero-order valence-electron chi connectivity index (χ0n) is 57.7. The monoisotopic (exact) mass is 732 g/mol. The fraction of sp³-hybridized carbons (Fsp3) is 0. The molecule has 2 heterocycles. The predicted molar refractivity (Wildman–Crippen MR) is 227 cm³/mol. The first-order valence-electron chi connectivity index (χ1n) is 30.9. The minimum Gasteiger partial charge on any atom is -0.310 e.